The third kappa shape index (κ3) is 3.10. The summed E-state index contributed by atoms with van der Waals surface area (Å²) in [5.41, 5.74) is -0.409. The van der Waals surface area contributed by atoms with Crippen LogP contribution in [-0.2, 0) is 14.8 Å². The van der Waals surface area contributed by atoms with Gasteiger partial charge in [-0.15, -0.1) is 0 Å². The molecule has 0 saturated heterocycles. The van der Waals surface area contributed by atoms with Gasteiger partial charge in [0.05, 0.1) is 4.90 Å². The molecule has 0 aliphatic heterocycles. The van der Waals surface area contributed by atoms with E-state index in [2.05, 4.69) is 4.72 Å². The van der Waals surface area contributed by atoms with Gasteiger partial charge in [0.2, 0.25) is 10.0 Å². The summed E-state index contributed by atoms with van der Waals surface area (Å²) < 4.78 is 25.5. The minimum absolute atomic E-state index is 0.146. The minimum atomic E-state index is -3.48. The molecular weight excluding hydrogens is 280 g/mol. The molecule has 0 amide bonds. The monoisotopic (exact) mass is 300 g/mol. The molecule has 7 heteroatoms. The molecule has 0 unspecified atom stereocenters. The van der Waals surface area contributed by atoms with Crippen molar-refractivity contribution >= 4 is 21.7 Å². The summed E-state index contributed by atoms with van der Waals surface area (Å²) in [6, 6.07) is 6.14. The highest BCUT2D eigenvalue weighted by Crippen LogP contribution is 2.25. The van der Waals surface area contributed by atoms with Gasteiger partial charge in [0.25, 0.3) is 0 Å². The number of rotatable bonds is 6. The minimum Gasteiger partial charge on any atom is -0.480 e. The number of benzene rings is 1. The molecule has 1 aromatic carbocycles. The van der Waals surface area contributed by atoms with Gasteiger partial charge in [-0.05, 0) is 52.1 Å². The van der Waals surface area contributed by atoms with Gasteiger partial charge in [-0.2, -0.15) is 0 Å². The standard InChI is InChI=1S/C13H20N2O4S/c1-5-15(13(2,3)12(16)17)10-6-8-11(9-7-10)20(18,19)14-4/h6-9,14H,5H2,1-4H3,(H,16,17). The van der Waals surface area contributed by atoms with E-state index in [1.165, 1.54) is 19.2 Å². The smallest absolute Gasteiger partial charge is 0.328 e. The zero-order chi connectivity index (χ0) is 15.6. The molecule has 0 atom stereocenters. The number of nitrogens with one attached hydrogen (secondary N) is 1. The molecule has 0 spiro atoms. The molecule has 0 radical (unpaired) electrons. The molecule has 1 rings (SSSR count). The first kappa shape index (κ1) is 16.5. The molecule has 0 aliphatic carbocycles. The van der Waals surface area contributed by atoms with E-state index >= 15 is 0 Å². The van der Waals surface area contributed by atoms with Gasteiger partial charge in [-0.1, -0.05) is 0 Å². The second kappa shape index (κ2) is 5.80. The van der Waals surface area contributed by atoms with Crippen molar-refractivity contribution in [2.24, 2.45) is 0 Å². The van der Waals surface area contributed by atoms with Gasteiger partial charge in [-0.3, -0.25) is 0 Å². The van der Waals surface area contributed by atoms with Crippen molar-refractivity contribution in [1.29, 1.82) is 0 Å². The average molecular weight is 300 g/mol. The summed E-state index contributed by atoms with van der Waals surface area (Å²) >= 11 is 0. The van der Waals surface area contributed by atoms with Crippen molar-refractivity contribution in [1.82, 2.24) is 4.72 Å². The van der Waals surface area contributed by atoms with Crippen LogP contribution in [0.3, 0.4) is 0 Å². The molecule has 0 heterocycles. The zero-order valence-electron chi connectivity index (χ0n) is 12.0. The topological polar surface area (TPSA) is 86.7 Å². The molecule has 0 saturated carbocycles. The molecule has 0 aromatic heterocycles. The number of nitrogens with zero attached hydrogens (tertiary/aromatic N) is 1. The maximum atomic E-state index is 11.6. The maximum Gasteiger partial charge on any atom is 0.328 e. The normalized spacial score (nSPS) is 12.2. The average Bonchev–Trinajstić information content (AvgIpc) is 2.39. The predicted molar refractivity (Wildman–Crippen MR) is 77.4 cm³/mol. The summed E-state index contributed by atoms with van der Waals surface area (Å²) in [7, 11) is -2.14. The SMILES string of the molecule is CCN(c1ccc(S(=O)(=O)NC)cc1)C(C)(C)C(=O)O. The second-order valence-electron chi connectivity index (χ2n) is 4.81. The van der Waals surface area contributed by atoms with Crippen LogP contribution in [0.15, 0.2) is 29.2 Å². The van der Waals surface area contributed by atoms with Crippen molar-refractivity contribution in [3.05, 3.63) is 24.3 Å². The molecule has 6 nitrogen and oxygen atoms in total. The fourth-order valence-corrected chi connectivity index (χ4v) is 2.67. The number of aliphatic carboxylic acids is 1. The van der Waals surface area contributed by atoms with Gasteiger partial charge in [0.1, 0.15) is 5.54 Å². The fraction of sp³-hybridized carbons (Fsp3) is 0.462. The highest BCUT2D eigenvalue weighted by molar-refractivity contribution is 7.89. The number of sulfonamides is 1. The van der Waals surface area contributed by atoms with Crippen LogP contribution >= 0.6 is 0 Å². The Morgan fingerprint density at radius 2 is 1.80 bits per heavy atom. The lowest BCUT2D eigenvalue weighted by atomic mass is 10.0. The molecule has 2 N–H and O–H groups in total. The highest BCUT2D eigenvalue weighted by Gasteiger charge is 2.33. The first-order valence-electron chi connectivity index (χ1n) is 6.21. The van der Waals surface area contributed by atoms with E-state index in [0.717, 1.165) is 0 Å². The highest BCUT2D eigenvalue weighted by atomic mass is 32.2. The molecule has 20 heavy (non-hydrogen) atoms. The summed E-state index contributed by atoms with van der Waals surface area (Å²) in [6.07, 6.45) is 0. The Morgan fingerprint density at radius 3 is 2.15 bits per heavy atom. The van der Waals surface area contributed by atoms with E-state index < -0.39 is 21.5 Å². The summed E-state index contributed by atoms with van der Waals surface area (Å²) in [4.78, 5) is 13.2. The van der Waals surface area contributed by atoms with Crippen LogP contribution in [-0.4, -0.2) is 38.6 Å². The molecule has 1 aromatic rings. The number of carboxylic acid groups (broad SMARTS) is 1. The molecule has 0 fully saturated rings. The third-order valence-electron chi connectivity index (χ3n) is 3.24. The van der Waals surface area contributed by atoms with Crippen molar-refractivity contribution in [3.63, 3.8) is 0 Å². The van der Waals surface area contributed by atoms with E-state index in [1.54, 1.807) is 30.9 Å². The second-order valence-corrected chi connectivity index (χ2v) is 6.70. The number of anilines is 1. The lowest BCUT2D eigenvalue weighted by molar-refractivity contribution is -0.142. The predicted octanol–water partition coefficient (Wildman–Crippen LogP) is 1.28. The van der Waals surface area contributed by atoms with Crippen LogP contribution in [0.5, 0.6) is 0 Å². The Labute approximate surface area is 119 Å². The number of carbonyl (C=O) groups is 1. The summed E-state index contributed by atoms with van der Waals surface area (Å²) in [5, 5.41) is 9.28. The number of hydrogen-bond donors (Lipinski definition) is 2. The van der Waals surface area contributed by atoms with Crippen LogP contribution in [0.2, 0.25) is 0 Å². The van der Waals surface area contributed by atoms with Gasteiger partial charge in [0, 0.05) is 12.2 Å². The van der Waals surface area contributed by atoms with E-state index in [-0.39, 0.29) is 4.90 Å². The van der Waals surface area contributed by atoms with E-state index in [4.69, 9.17) is 0 Å². The van der Waals surface area contributed by atoms with Gasteiger partial charge >= 0.3 is 5.97 Å². The maximum absolute atomic E-state index is 11.6. The van der Waals surface area contributed by atoms with Crippen molar-refractivity contribution in [2.45, 2.75) is 31.2 Å². The van der Waals surface area contributed by atoms with E-state index in [0.29, 0.717) is 12.2 Å². The summed E-state index contributed by atoms with van der Waals surface area (Å²) in [6.45, 7) is 5.56. The van der Waals surface area contributed by atoms with E-state index in [1.807, 2.05) is 6.92 Å². The lowest BCUT2D eigenvalue weighted by Gasteiger charge is -2.36. The Kier molecular flexibility index (Phi) is 4.77. The zero-order valence-corrected chi connectivity index (χ0v) is 12.9. The Balaban J connectivity index is 3.18. The largest absolute Gasteiger partial charge is 0.480 e. The van der Waals surface area contributed by atoms with Crippen LogP contribution in [0.1, 0.15) is 20.8 Å². The molecule has 112 valence electrons. The molecule has 0 aliphatic rings. The van der Waals surface area contributed by atoms with Gasteiger partial charge in [0.15, 0.2) is 0 Å². The Bertz CT molecular complexity index is 579. The number of carboxylic acids is 1. The molecule has 0 bridgehead atoms. The van der Waals surface area contributed by atoms with Gasteiger partial charge in [-0.25, -0.2) is 17.9 Å². The number of hydrogen-bond acceptors (Lipinski definition) is 4. The lowest BCUT2D eigenvalue weighted by Crippen LogP contribution is -2.50. The van der Waals surface area contributed by atoms with Crippen LogP contribution in [0, 0.1) is 0 Å². The fourth-order valence-electron chi connectivity index (χ4n) is 1.94. The quantitative estimate of drug-likeness (QED) is 0.826. The summed E-state index contributed by atoms with van der Waals surface area (Å²) in [5.74, 6) is -0.939. The van der Waals surface area contributed by atoms with E-state index in [9.17, 15) is 18.3 Å². The Hall–Kier alpha value is -1.60. The van der Waals surface area contributed by atoms with Crippen molar-refractivity contribution in [2.75, 3.05) is 18.5 Å². The third-order valence-corrected chi connectivity index (χ3v) is 4.67. The Morgan fingerprint density at radius 1 is 1.30 bits per heavy atom. The van der Waals surface area contributed by atoms with Crippen LogP contribution in [0.4, 0.5) is 5.69 Å². The van der Waals surface area contributed by atoms with Crippen molar-refractivity contribution < 1.29 is 18.3 Å². The first-order chi connectivity index (χ1) is 9.16. The van der Waals surface area contributed by atoms with Gasteiger partial charge < -0.3 is 10.0 Å². The van der Waals surface area contributed by atoms with Crippen LogP contribution in [0.25, 0.3) is 0 Å². The number of likely N-dealkylation sites (N-methyl/N-ethyl adjacent to an activating group) is 1. The molecular formula is C13H20N2O4S. The van der Waals surface area contributed by atoms with Crippen LogP contribution < -0.4 is 9.62 Å². The first-order valence-corrected chi connectivity index (χ1v) is 7.69. The van der Waals surface area contributed by atoms with Crippen molar-refractivity contribution in [3.8, 4) is 0 Å².